The maximum Gasteiger partial charge on any atom is 0.220 e. The molecule has 1 aliphatic rings. The third-order valence-electron chi connectivity index (χ3n) is 3.35. The van der Waals surface area contributed by atoms with Gasteiger partial charge in [-0.05, 0) is 43.7 Å². The molecule has 0 bridgehead atoms. The molecule has 1 aromatic rings. The van der Waals surface area contributed by atoms with Gasteiger partial charge in [0.05, 0.1) is 0 Å². The molecule has 0 aliphatic carbocycles. The fraction of sp³-hybridized carbons (Fsp3) is 0.500. The van der Waals surface area contributed by atoms with E-state index in [1.807, 2.05) is 12.1 Å². The summed E-state index contributed by atoms with van der Waals surface area (Å²) in [6.07, 6.45) is 2.30. The predicted octanol–water partition coefficient (Wildman–Crippen LogP) is 1.88. The number of nitrogens with one attached hydrogen (secondary N) is 1. The highest BCUT2D eigenvalue weighted by atomic mass is 79.9. The molecule has 1 fully saturated rings. The molecule has 0 spiro atoms. The zero-order valence-corrected chi connectivity index (χ0v) is 12.5. The molecular formula is C14H20BrN3O. The van der Waals surface area contributed by atoms with Gasteiger partial charge in [-0.3, -0.25) is 4.79 Å². The third kappa shape index (κ3) is 4.21. The summed E-state index contributed by atoms with van der Waals surface area (Å²) in [5.74, 6) is 0.119. The van der Waals surface area contributed by atoms with Gasteiger partial charge in [0.25, 0.3) is 0 Å². The number of halogens is 1. The van der Waals surface area contributed by atoms with Crippen molar-refractivity contribution in [2.45, 2.75) is 25.3 Å². The average molecular weight is 326 g/mol. The van der Waals surface area contributed by atoms with Gasteiger partial charge in [0.2, 0.25) is 5.91 Å². The lowest BCUT2D eigenvalue weighted by atomic mass is 10.2. The zero-order chi connectivity index (χ0) is 13.7. The number of hydrogen-bond acceptors (Lipinski definition) is 3. The monoisotopic (exact) mass is 325 g/mol. The van der Waals surface area contributed by atoms with Crippen molar-refractivity contribution in [2.24, 2.45) is 5.73 Å². The predicted molar refractivity (Wildman–Crippen MR) is 81.2 cm³/mol. The molecule has 104 valence electrons. The highest BCUT2D eigenvalue weighted by Gasteiger charge is 2.23. The normalized spacial score (nSPS) is 18.6. The van der Waals surface area contributed by atoms with E-state index >= 15 is 0 Å². The number of nitrogens with two attached hydrogens (primary N) is 1. The van der Waals surface area contributed by atoms with Gasteiger partial charge < -0.3 is 16.0 Å². The summed E-state index contributed by atoms with van der Waals surface area (Å²) in [4.78, 5) is 14.0. The summed E-state index contributed by atoms with van der Waals surface area (Å²) in [6.45, 7) is 2.45. The van der Waals surface area contributed by atoms with E-state index in [9.17, 15) is 4.79 Å². The molecule has 0 radical (unpaired) electrons. The topological polar surface area (TPSA) is 58.4 Å². The molecule has 5 heteroatoms. The molecule has 1 aliphatic heterocycles. The van der Waals surface area contributed by atoms with Crippen LogP contribution >= 0.6 is 15.9 Å². The second-order valence-corrected chi connectivity index (χ2v) is 5.78. The van der Waals surface area contributed by atoms with E-state index in [0.29, 0.717) is 13.0 Å². The summed E-state index contributed by atoms with van der Waals surface area (Å²) in [5, 5.41) is 3.08. The van der Waals surface area contributed by atoms with Crippen molar-refractivity contribution >= 4 is 27.5 Å². The van der Waals surface area contributed by atoms with Crippen LogP contribution in [0.25, 0.3) is 0 Å². The Labute approximate surface area is 122 Å². The smallest absolute Gasteiger partial charge is 0.220 e. The van der Waals surface area contributed by atoms with E-state index < -0.39 is 0 Å². The SMILES string of the molecule is NCCCC(=O)NC1CCN(c2ccc(Br)cc2)C1. The van der Waals surface area contributed by atoms with Crippen LogP contribution in [0, 0.1) is 0 Å². The quantitative estimate of drug-likeness (QED) is 0.869. The fourth-order valence-corrected chi connectivity index (χ4v) is 2.59. The molecule has 1 aromatic carbocycles. The van der Waals surface area contributed by atoms with Gasteiger partial charge in [0.15, 0.2) is 0 Å². The number of rotatable bonds is 5. The molecule has 1 heterocycles. The Hall–Kier alpha value is -1.07. The number of anilines is 1. The van der Waals surface area contributed by atoms with Gasteiger partial charge >= 0.3 is 0 Å². The standard InChI is InChI=1S/C14H20BrN3O/c15-11-3-5-13(6-4-11)18-9-7-12(10-18)17-14(19)2-1-8-16/h3-6,12H,1-2,7-10,16H2,(H,17,19). The molecule has 2 rings (SSSR count). The van der Waals surface area contributed by atoms with Crippen molar-refractivity contribution in [3.05, 3.63) is 28.7 Å². The molecule has 4 nitrogen and oxygen atoms in total. The van der Waals surface area contributed by atoms with Crippen LogP contribution in [0.1, 0.15) is 19.3 Å². The van der Waals surface area contributed by atoms with Crippen LogP contribution in [0.2, 0.25) is 0 Å². The Morgan fingerprint density at radius 3 is 2.84 bits per heavy atom. The van der Waals surface area contributed by atoms with E-state index in [2.05, 4.69) is 38.3 Å². The van der Waals surface area contributed by atoms with Crippen molar-refractivity contribution in [3.63, 3.8) is 0 Å². The summed E-state index contributed by atoms with van der Waals surface area (Å²) in [6, 6.07) is 8.55. The summed E-state index contributed by atoms with van der Waals surface area (Å²) >= 11 is 3.44. The van der Waals surface area contributed by atoms with Gasteiger partial charge in [0.1, 0.15) is 0 Å². The second kappa shape index (κ2) is 6.91. The minimum absolute atomic E-state index is 0.119. The van der Waals surface area contributed by atoms with Crippen LogP contribution in [0.15, 0.2) is 28.7 Å². The van der Waals surface area contributed by atoms with Gasteiger partial charge in [-0.15, -0.1) is 0 Å². The largest absolute Gasteiger partial charge is 0.369 e. The lowest BCUT2D eigenvalue weighted by Gasteiger charge is -2.19. The van der Waals surface area contributed by atoms with E-state index in [4.69, 9.17) is 5.73 Å². The number of amides is 1. The highest BCUT2D eigenvalue weighted by molar-refractivity contribution is 9.10. The van der Waals surface area contributed by atoms with E-state index in [-0.39, 0.29) is 11.9 Å². The van der Waals surface area contributed by atoms with Crippen LogP contribution in [0.5, 0.6) is 0 Å². The van der Waals surface area contributed by atoms with Crippen molar-refractivity contribution in [2.75, 3.05) is 24.5 Å². The number of benzene rings is 1. The van der Waals surface area contributed by atoms with E-state index in [1.165, 1.54) is 5.69 Å². The summed E-state index contributed by atoms with van der Waals surface area (Å²) in [7, 11) is 0. The minimum Gasteiger partial charge on any atom is -0.369 e. The van der Waals surface area contributed by atoms with Gasteiger partial charge in [-0.2, -0.15) is 0 Å². The minimum atomic E-state index is 0.119. The summed E-state index contributed by atoms with van der Waals surface area (Å²) in [5.41, 5.74) is 6.61. The Morgan fingerprint density at radius 1 is 1.42 bits per heavy atom. The zero-order valence-electron chi connectivity index (χ0n) is 10.9. The molecule has 0 aromatic heterocycles. The van der Waals surface area contributed by atoms with Crippen molar-refractivity contribution in [3.8, 4) is 0 Å². The number of hydrogen-bond donors (Lipinski definition) is 2. The Balaban J connectivity index is 1.83. The lowest BCUT2D eigenvalue weighted by Crippen LogP contribution is -2.37. The number of carbonyl (C=O) groups is 1. The Kier molecular flexibility index (Phi) is 5.22. The van der Waals surface area contributed by atoms with Crippen molar-refractivity contribution in [1.82, 2.24) is 5.32 Å². The molecule has 1 saturated heterocycles. The van der Waals surface area contributed by atoms with Crippen LogP contribution in [0.3, 0.4) is 0 Å². The second-order valence-electron chi connectivity index (χ2n) is 4.87. The van der Waals surface area contributed by atoms with Crippen molar-refractivity contribution in [1.29, 1.82) is 0 Å². The highest BCUT2D eigenvalue weighted by Crippen LogP contribution is 2.22. The maximum atomic E-state index is 11.7. The Bertz CT molecular complexity index is 421. The third-order valence-corrected chi connectivity index (χ3v) is 3.88. The molecule has 0 saturated carbocycles. The van der Waals surface area contributed by atoms with Gasteiger partial charge in [-0.1, -0.05) is 15.9 Å². The molecular weight excluding hydrogens is 306 g/mol. The lowest BCUT2D eigenvalue weighted by molar-refractivity contribution is -0.121. The average Bonchev–Trinajstić information content (AvgIpc) is 2.85. The molecule has 19 heavy (non-hydrogen) atoms. The van der Waals surface area contributed by atoms with Crippen molar-refractivity contribution < 1.29 is 4.79 Å². The molecule has 3 N–H and O–H groups in total. The first-order valence-corrected chi connectivity index (χ1v) is 7.48. The first kappa shape index (κ1) is 14.3. The van der Waals surface area contributed by atoms with Crippen LogP contribution in [0.4, 0.5) is 5.69 Å². The molecule has 1 atom stereocenters. The van der Waals surface area contributed by atoms with Crippen LogP contribution in [-0.4, -0.2) is 31.6 Å². The summed E-state index contributed by atoms with van der Waals surface area (Å²) < 4.78 is 1.09. The Morgan fingerprint density at radius 2 is 2.16 bits per heavy atom. The first-order valence-electron chi connectivity index (χ1n) is 6.69. The molecule has 1 unspecified atom stereocenters. The number of carbonyl (C=O) groups excluding carboxylic acids is 1. The maximum absolute atomic E-state index is 11.7. The van der Waals surface area contributed by atoms with Gasteiger partial charge in [0, 0.05) is 35.7 Å². The van der Waals surface area contributed by atoms with E-state index in [0.717, 1.165) is 30.4 Å². The van der Waals surface area contributed by atoms with Gasteiger partial charge in [-0.25, -0.2) is 0 Å². The number of nitrogens with zero attached hydrogens (tertiary/aromatic N) is 1. The van der Waals surface area contributed by atoms with Crippen LogP contribution < -0.4 is 16.0 Å². The first-order chi connectivity index (χ1) is 9.19. The molecule has 1 amide bonds. The fourth-order valence-electron chi connectivity index (χ4n) is 2.33. The van der Waals surface area contributed by atoms with Crippen LogP contribution in [-0.2, 0) is 4.79 Å². The van der Waals surface area contributed by atoms with E-state index in [1.54, 1.807) is 0 Å².